The van der Waals surface area contributed by atoms with Crippen LogP contribution in [-0.4, -0.2) is 18.4 Å². The summed E-state index contributed by atoms with van der Waals surface area (Å²) in [4.78, 5) is 26.3. The Morgan fingerprint density at radius 1 is 1.12 bits per heavy atom. The van der Waals surface area contributed by atoms with Crippen molar-refractivity contribution in [2.24, 2.45) is 0 Å². The van der Waals surface area contributed by atoms with Gasteiger partial charge in [0.1, 0.15) is 6.54 Å². The molecule has 0 unspecified atom stereocenters. The zero-order valence-corrected chi connectivity index (χ0v) is 14.1. The molecule has 0 bridgehead atoms. The lowest BCUT2D eigenvalue weighted by atomic mass is 10.1. The van der Waals surface area contributed by atoms with Gasteiger partial charge in [-0.1, -0.05) is 41.9 Å². The van der Waals surface area contributed by atoms with Crippen LogP contribution in [0, 0.1) is 0 Å². The summed E-state index contributed by atoms with van der Waals surface area (Å²) < 4.78 is 0. The molecular formula is C19H19ClN2O2. The standard InChI is InChI=1S/C19H19ClN2O2/c20-16-8-3-5-14(11-16)12-21-18(23)13-22-17-9-2-1-6-15(17)7-4-10-19(22)24/h1-3,5-6,8-9,11H,4,7,10,12-13H2,(H,21,23). The third-order valence-corrected chi connectivity index (χ3v) is 4.34. The Morgan fingerprint density at radius 3 is 2.79 bits per heavy atom. The Balaban J connectivity index is 1.68. The predicted octanol–water partition coefficient (Wildman–Crippen LogP) is 3.33. The van der Waals surface area contributed by atoms with Crippen LogP contribution in [0.5, 0.6) is 0 Å². The number of hydrogen-bond acceptors (Lipinski definition) is 2. The number of halogens is 1. The van der Waals surface area contributed by atoms with E-state index in [1.54, 1.807) is 11.0 Å². The monoisotopic (exact) mass is 342 g/mol. The molecule has 2 amide bonds. The summed E-state index contributed by atoms with van der Waals surface area (Å²) in [5, 5.41) is 3.49. The molecule has 0 aromatic heterocycles. The Hall–Kier alpha value is -2.33. The van der Waals surface area contributed by atoms with Crippen molar-refractivity contribution >= 4 is 29.1 Å². The van der Waals surface area contributed by atoms with E-state index in [2.05, 4.69) is 5.32 Å². The quantitative estimate of drug-likeness (QED) is 0.926. The lowest BCUT2D eigenvalue weighted by Gasteiger charge is -2.22. The van der Waals surface area contributed by atoms with Gasteiger partial charge in [-0.15, -0.1) is 0 Å². The third kappa shape index (κ3) is 3.95. The molecule has 4 nitrogen and oxygen atoms in total. The van der Waals surface area contributed by atoms with Crippen molar-refractivity contribution in [1.29, 1.82) is 0 Å². The first-order valence-corrected chi connectivity index (χ1v) is 8.41. The molecule has 5 heteroatoms. The van der Waals surface area contributed by atoms with E-state index in [0.717, 1.165) is 29.7 Å². The van der Waals surface area contributed by atoms with Gasteiger partial charge in [-0.05, 0) is 42.2 Å². The molecule has 0 saturated carbocycles. The average molecular weight is 343 g/mol. The van der Waals surface area contributed by atoms with Crippen LogP contribution in [0.3, 0.4) is 0 Å². The van der Waals surface area contributed by atoms with Crippen LogP contribution >= 0.6 is 11.6 Å². The smallest absolute Gasteiger partial charge is 0.240 e. The molecule has 0 aliphatic carbocycles. The summed E-state index contributed by atoms with van der Waals surface area (Å²) in [6.45, 7) is 0.430. The highest BCUT2D eigenvalue weighted by Gasteiger charge is 2.23. The second-order valence-corrected chi connectivity index (χ2v) is 6.31. The van der Waals surface area contributed by atoms with Crippen molar-refractivity contribution in [3.63, 3.8) is 0 Å². The van der Waals surface area contributed by atoms with Crippen LogP contribution in [0.2, 0.25) is 5.02 Å². The van der Waals surface area contributed by atoms with Gasteiger partial charge in [0.05, 0.1) is 0 Å². The Bertz CT molecular complexity index is 761. The Kier molecular flexibility index (Phi) is 5.16. The highest BCUT2D eigenvalue weighted by Crippen LogP contribution is 2.26. The van der Waals surface area contributed by atoms with Crippen molar-refractivity contribution in [3.05, 3.63) is 64.7 Å². The van der Waals surface area contributed by atoms with Gasteiger partial charge >= 0.3 is 0 Å². The molecule has 0 atom stereocenters. The molecule has 2 aromatic carbocycles. The number of hydrogen-bond donors (Lipinski definition) is 1. The van der Waals surface area contributed by atoms with Gasteiger partial charge < -0.3 is 10.2 Å². The maximum Gasteiger partial charge on any atom is 0.240 e. The number of benzene rings is 2. The number of anilines is 1. The van der Waals surface area contributed by atoms with E-state index in [1.165, 1.54) is 0 Å². The van der Waals surface area contributed by atoms with Gasteiger partial charge in [-0.3, -0.25) is 9.59 Å². The van der Waals surface area contributed by atoms with E-state index < -0.39 is 0 Å². The zero-order valence-electron chi connectivity index (χ0n) is 13.3. The van der Waals surface area contributed by atoms with Crippen LogP contribution in [0.25, 0.3) is 0 Å². The zero-order chi connectivity index (χ0) is 16.9. The van der Waals surface area contributed by atoms with Crippen molar-refractivity contribution < 1.29 is 9.59 Å². The maximum atomic E-state index is 12.4. The van der Waals surface area contributed by atoms with Crippen LogP contribution < -0.4 is 10.2 Å². The SMILES string of the molecule is O=C(CN1C(=O)CCCc2ccccc21)NCc1cccc(Cl)c1. The number of para-hydroxylation sites is 1. The molecule has 0 spiro atoms. The second-order valence-electron chi connectivity index (χ2n) is 5.87. The fourth-order valence-corrected chi connectivity index (χ4v) is 3.12. The first-order valence-electron chi connectivity index (χ1n) is 8.03. The number of nitrogens with one attached hydrogen (secondary N) is 1. The van der Waals surface area contributed by atoms with Gasteiger partial charge in [-0.25, -0.2) is 0 Å². The Morgan fingerprint density at radius 2 is 1.96 bits per heavy atom. The molecule has 1 aliphatic rings. The largest absolute Gasteiger partial charge is 0.350 e. The summed E-state index contributed by atoms with van der Waals surface area (Å²) in [6.07, 6.45) is 2.15. The van der Waals surface area contributed by atoms with Crippen molar-refractivity contribution in [2.75, 3.05) is 11.4 Å². The van der Waals surface area contributed by atoms with Crippen molar-refractivity contribution in [1.82, 2.24) is 5.32 Å². The van der Waals surface area contributed by atoms with Gasteiger partial charge in [0.2, 0.25) is 11.8 Å². The highest BCUT2D eigenvalue weighted by molar-refractivity contribution is 6.30. The first kappa shape index (κ1) is 16.5. The number of aryl methyl sites for hydroxylation is 1. The minimum Gasteiger partial charge on any atom is -0.350 e. The van der Waals surface area contributed by atoms with Gasteiger partial charge in [-0.2, -0.15) is 0 Å². The van der Waals surface area contributed by atoms with Gasteiger partial charge in [0.25, 0.3) is 0 Å². The summed E-state index contributed by atoms with van der Waals surface area (Å²) in [7, 11) is 0. The van der Waals surface area contributed by atoms with E-state index in [0.29, 0.717) is 18.0 Å². The van der Waals surface area contributed by atoms with Crippen molar-refractivity contribution in [2.45, 2.75) is 25.8 Å². The molecule has 2 aromatic rings. The Labute approximate surface area is 146 Å². The maximum absolute atomic E-state index is 12.4. The van der Waals surface area contributed by atoms with Crippen molar-refractivity contribution in [3.8, 4) is 0 Å². The lowest BCUT2D eigenvalue weighted by molar-refractivity contribution is -0.123. The van der Waals surface area contributed by atoms with E-state index >= 15 is 0 Å². The van der Waals surface area contributed by atoms with Gasteiger partial charge in [0, 0.05) is 23.7 Å². The molecule has 0 saturated heterocycles. The molecule has 1 N–H and O–H groups in total. The van der Waals surface area contributed by atoms with Crippen LogP contribution in [0.15, 0.2) is 48.5 Å². The van der Waals surface area contributed by atoms with E-state index in [4.69, 9.17) is 11.6 Å². The molecular weight excluding hydrogens is 324 g/mol. The minimum atomic E-state index is -0.181. The topological polar surface area (TPSA) is 49.4 Å². The molecule has 1 heterocycles. The van der Waals surface area contributed by atoms with E-state index in [9.17, 15) is 9.59 Å². The average Bonchev–Trinajstić information content (AvgIpc) is 2.73. The molecule has 0 fully saturated rings. The van der Waals surface area contributed by atoms with E-state index in [1.807, 2.05) is 42.5 Å². The number of carbonyl (C=O) groups excluding carboxylic acids is 2. The predicted molar refractivity (Wildman–Crippen MR) is 95.0 cm³/mol. The lowest BCUT2D eigenvalue weighted by Crippen LogP contribution is -2.40. The molecule has 1 aliphatic heterocycles. The van der Waals surface area contributed by atoms with Gasteiger partial charge in [0.15, 0.2) is 0 Å². The number of rotatable bonds is 4. The number of amides is 2. The normalized spacial score (nSPS) is 14.0. The summed E-state index contributed by atoms with van der Waals surface area (Å²) in [6, 6.07) is 15.1. The fourth-order valence-electron chi connectivity index (χ4n) is 2.91. The van der Waals surface area contributed by atoms with E-state index in [-0.39, 0.29) is 18.4 Å². The van der Waals surface area contributed by atoms with Crippen LogP contribution in [-0.2, 0) is 22.6 Å². The molecule has 0 radical (unpaired) electrons. The fraction of sp³-hybridized carbons (Fsp3) is 0.263. The van der Waals surface area contributed by atoms with Crippen LogP contribution in [0.1, 0.15) is 24.0 Å². The molecule has 24 heavy (non-hydrogen) atoms. The highest BCUT2D eigenvalue weighted by atomic mass is 35.5. The minimum absolute atomic E-state index is 0.00199. The molecule has 124 valence electrons. The molecule has 3 rings (SSSR count). The summed E-state index contributed by atoms with van der Waals surface area (Å²) in [5.74, 6) is -0.183. The summed E-state index contributed by atoms with van der Waals surface area (Å²) >= 11 is 5.94. The number of fused-ring (bicyclic) bond motifs is 1. The first-order chi connectivity index (χ1) is 11.6. The summed E-state index contributed by atoms with van der Waals surface area (Å²) in [5.41, 5.74) is 2.89. The second kappa shape index (κ2) is 7.49. The number of nitrogens with zero attached hydrogens (tertiary/aromatic N) is 1. The van der Waals surface area contributed by atoms with Crippen LogP contribution in [0.4, 0.5) is 5.69 Å². The number of carbonyl (C=O) groups is 2. The third-order valence-electron chi connectivity index (χ3n) is 4.10.